The topological polar surface area (TPSA) is 46.2 Å². The number of hydrogen-bond acceptors (Lipinski definition) is 2. The van der Waals surface area contributed by atoms with Gasteiger partial charge in [-0.1, -0.05) is 0 Å². The van der Waals surface area contributed by atoms with Crippen molar-refractivity contribution in [3.8, 4) is 0 Å². The minimum Gasteiger partial charge on any atom is -0.348 e. The fourth-order valence-corrected chi connectivity index (χ4v) is 2.09. The number of carbonyl (C=O) groups is 2. The van der Waals surface area contributed by atoms with E-state index in [9.17, 15) is 9.59 Å². The van der Waals surface area contributed by atoms with E-state index in [0.29, 0.717) is 11.8 Å². The molecule has 0 atom stereocenters. The fraction of sp³-hybridized carbons (Fsp3) is 0.0435. The summed E-state index contributed by atoms with van der Waals surface area (Å²) in [5.74, 6) is 0.910. The predicted molar refractivity (Wildman–Crippen MR) is 102 cm³/mol. The van der Waals surface area contributed by atoms with Gasteiger partial charge in [0.05, 0.1) is 18.4 Å². The Balaban J connectivity index is 0.000000500. The number of carbonyl (C=O) groups excluding carboxylic acids is 2. The first kappa shape index (κ1) is 28.2. The first-order valence-corrected chi connectivity index (χ1v) is 8.35. The maximum absolute atomic E-state index is 11.6. The van der Waals surface area contributed by atoms with Crippen LogP contribution in [0.3, 0.4) is 0 Å². The molecule has 5 heteroatoms. The Bertz CT molecular complexity index is 344. The maximum atomic E-state index is 11.6. The van der Waals surface area contributed by atoms with Crippen molar-refractivity contribution in [2.45, 2.75) is 0 Å². The Labute approximate surface area is 194 Å². The monoisotopic (exact) mass is 455 g/mol. The zero-order chi connectivity index (χ0) is 18.5. The number of hydrogen-bond donors (Lipinski definition) is 1. The van der Waals surface area contributed by atoms with E-state index < -0.39 is 0 Å². The number of ketones is 1. The van der Waals surface area contributed by atoms with Gasteiger partial charge in [-0.2, -0.15) is 0 Å². The van der Waals surface area contributed by atoms with E-state index in [1.165, 1.54) is 0 Å². The summed E-state index contributed by atoms with van der Waals surface area (Å²) in [7, 11) is 0. The van der Waals surface area contributed by atoms with Crippen LogP contribution < -0.4 is 5.32 Å². The first-order valence-electron chi connectivity index (χ1n) is 8.35. The first-order chi connectivity index (χ1) is 12.8. The number of Topliss-reactive ketones (excluding diaryl/α,β-unsaturated/α-hetero) is 1. The molecule has 0 aliphatic heterocycles. The molecule has 28 heavy (non-hydrogen) atoms. The van der Waals surface area contributed by atoms with Gasteiger partial charge in [0.2, 0.25) is 5.91 Å². The molecule has 4 aliphatic carbocycles. The quantitative estimate of drug-likeness (QED) is 0.663. The van der Waals surface area contributed by atoms with Crippen LogP contribution in [0, 0.1) is 127 Å². The van der Waals surface area contributed by atoms with E-state index in [1.807, 2.05) is 64.2 Å². The van der Waals surface area contributed by atoms with Crippen molar-refractivity contribution in [2.75, 3.05) is 6.54 Å². The van der Waals surface area contributed by atoms with Crippen molar-refractivity contribution >= 4 is 11.7 Å². The van der Waals surface area contributed by atoms with Crippen molar-refractivity contribution in [3.05, 3.63) is 127 Å². The zero-order valence-electron chi connectivity index (χ0n) is 15.1. The summed E-state index contributed by atoms with van der Waals surface area (Å²) in [5.41, 5.74) is 0. The van der Waals surface area contributed by atoms with Gasteiger partial charge in [0.15, 0.2) is 5.78 Å². The Morgan fingerprint density at radius 2 is 0.857 bits per heavy atom. The Kier molecular flexibility index (Phi) is 18.1. The molecule has 0 spiro atoms. The minimum atomic E-state index is -0.218. The van der Waals surface area contributed by atoms with Crippen LogP contribution in [0.15, 0.2) is 0 Å². The summed E-state index contributed by atoms with van der Waals surface area (Å²) < 4.78 is 0. The third-order valence-corrected chi connectivity index (χ3v) is 3.43. The van der Waals surface area contributed by atoms with Gasteiger partial charge in [-0.3, -0.25) is 9.59 Å². The molecule has 0 bridgehead atoms. The van der Waals surface area contributed by atoms with E-state index in [2.05, 4.69) is 5.32 Å². The molecule has 146 valence electrons. The molecule has 0 aromatic rings. The van der Waals surface area contributed by atoms with Crippen LogP contribution in [-0.2, 0) is 43.7 Å². The fourth-order valence-electron chi connectivity index (χ4n) is 2.09. The molecule has 4 fully saturated rings. The van der Waals surface area contributed by atoms with Crippen LogP contribution in [-0.4, -0.2) is 18.2 Å². The maximum Gasteiger partial charge on any atom is 0.228 e. The van der Waals surface area contributed by atoms with Gasteiger partial charge in [-0.15, -0.1) is 0 Å². The molecule has 0 aromatic carbocycles. The number of nitrogens with one attached hydrogen (secondary N) is 1. The van der Waals surface area contributed by atoms with Crippen LogP contribution in [0.25, 0.3) is 0 Å². The molecule has 1 N–H and O–H groups in total. The van der Waals surface area contributed by atoms with Gasteiger partial charge < -0.3 is 5.32 Å². The minimum absolute atomic E-state index is 0. The van der Waals surface area contributed by atoms with E-state index in [4.69, 9.17) is 0 Å². The molecule has 4 rings (SSSR count). The van der Waals surface area contributed by atoms with Crippen molar-refractivity contribution in [2.24, 2.45) is 0 Å². The Morgan fingerprint density at radius 1 is 0.536 bits per heavy atom. The second kappa shape index (κ2) is 18.0. The van der Waals surface area contributed by atoms with Gasteiger partial charge in [0.25, 0.3) is 0 Å². The second-order valence-corrected chi connectivity index (χ2v) is 5.38. The normalized spacial score (nSPS) is 21.4. The molecular formula is C23H21Fe2NO2. The van der Waals surface area contributed by atoms with Crippen molar-refractivity contribution in [1.29, 1.82) is 0 Å². The van der Waals surface area contributed by atoms with Gasteiger partial charge in [0.1, 0.15) is 0 Å². The van der Waals surface area contributed by atoms with Crippen LogP contribution in [0.4, 0.5) is 0 Å². The molecule has 0 heterocycles. The summed E-state index contributed by atoms with van der Waals surface area (Å²) in [5, 5.41) is 2.58. The zero-order valence-corrected chi connectivity index (χ0v) is 17.3. The van der Waals surface area contributed by atoms with Gasteiger partial charge in [0, 0.05) is 34.1 Å². The molecule has 0 aromatic heterocycles. The van der Waals surface area contributed by atoms with Crippen LogP contribution >= 0.6 is 0 Å². The van der Waals surface area contributed by atoms with Crippen molar-refractivity contribution < 1.29 is 43.7 Å². The van der Waals surface area contributed by atoms with E-state index in [1.54, 1.807) is 51.4 Å². The summed E-state index contributed by atoms with van der Waals surface area (Å²) in [6.07, 6.45) is 34.1. The Morgan fingerprint density at radius 3 is 1.21 bits per heavy atom. The van der Waals surface area contributed by atoms with Gasteiger partial charge in [-0.05, 0) is 116 Å². The standard InChI is InChI=1S/C13H11NO2.2C5H5.2Fe/c15-12(10-5-1-2-6-10)9-14-13(16)11-7-3-4-8-11;2*1-2-4-5-3-1;;/h1-8H,9H2,(H,14,16);2*1-5H;;. The average molecular weight is 455 g/mol. The molecule has 0 unspecified atom stereocenters. The van der Waals surface area contributed by atoms with Crippen LogP contribution in [0.2, 0.25) is 0 Å². The summed E-state index contributed by atoms with van der Waals surface area (Å²) in [6.45, 7) is 0.0357. The largest absolute Gasteiger partial charge is 0.348 e. The van der Waals surface area contributed by atoms with E-state index in [0.717, 1.165) is 0 Å². The number of rotatable bonds is 4. The summed E-state index contributed by atoms with van der Waals surface area (Å²) in [4.78, 5) is 23.1. The molecular weight excluding hydrogens is 434 g/mol. The third kappa shape index (κ3) is 12.0. The van der Waals surface area contributed by atoms with Gasteiger partial charge >= 0.3 is 0 Å². The third-order valence-electron chi connectivity index (χ3n) is 3.43. The van der Waals surface area contributed by atoms with Crippen LogP contribution in [0.1, 0.15) is 0 Å². The summed E-state index contributed by atoms with van der Waals surface area (Å²) >= 11 is 0. The SMILES string of the molecule is O=C(CNC(=O)[C]1[CH][CH][CH][CH]1)[C]1[CH][CH][CH][CH]1.[CH]1[CH][CH][CH][CH]1.[CH]1[CH][CH][CH][CH]1.[Fe].[Fe]. The van der Waals surface area contributed by atoms with Crippen LogP contribution in [0.5, 0.6) is 0 Å². The smallest absolute Gasteiger partial charge is 0.228 e. The Hall–Kier alpha value is 0.179. The van der Waals surface area contributed by atoms with Crippen molar-refractivity contribution in [1.82, 2.24) is 5.32 Å². The number of amides is 1. The van der Waals surface area contributed by atoms with Gasteiger partial charge in [-0.25, -0.2) is 0 Å². The summed E-state index contributed by atoms with van der Waals surface area (Å²) in [6, 6.07) is 0. The molecule has 4 saturated carbocycles. The second-order valence-electron chi connectivity index (χ2n) is 5.38. The molecule has 4 aliphatic rings. The van der Waals surface area contributed by atoms with Crippen molar-refractivity contribution in [3.63, 3.8) is 0 Å². The van der Waals surface area contributed by atoms with E-state index in [-0.39, 0.29) is 52.4 Å². The average Bonchev–Trinajstić information content (AvgIpc) is 3.50. The molecule has 20 radical (unpaired) electrons. The molecule has 1 amide bonds. The molecule has 3 nitrogen and oxygen atoms in total. The van der Waals surface area contributed by atoms with E-state index >= 15 is 0 Å². The molecule has 0 saturated heterocycles. The predicted octanol–water partition coefficient (Wildman–Crippen LogP) is 2.52.